The molecule has 0 spiro atoms. The van der Waals surface area contributed by atoms with Crippen LogP contribution in [0, 0.1) is 6.92 Å². The molecule has 0 saturated heterocycles. The number of carboxylic acids is 1. The first-order valence-electron chi connectivity index (χ1n) is 7.58. The number of aromatic nitrogens is 1. The summed E-state index contributed by atoms with van der Waals surface area (Å²) in [5.41, 5.74) is 3.09. The lowest BCUT2D eigenvalue weighted by Crippen LogP contribution is -1.96. The van der Waals surface area contributed by atoms with Crippen molar-refractivity contribution in [1.29, 1.82) is 0 Å². The lowest BCUT2D eigenvalue weighted by molar-refractivity contribution is -0.136. The standard InChI is InChI=1S/C11H11NO2.C7H8O3S/c13-11(14)6-5-8-7-12-10-4-2-1-3-9(8)10;1-6-2-4-7(5-3-6)11(8,9)10/h1-4,7,12H,5-6H2,(H,13,14);2-5H,1H3,(H,8,9,10). The van der Waals surface area contributed by atoms with Gasteiger partial charge in [-0.2, -0.15) is 8.42 Å². The van der Waals surface area contributed by atoms with Gasteiger partial charge in [-0.1, -0.05) is 35.9 Å². The first-order chi connectivity index (χ1) is 11.8. The maximum absolute atomic E-state index is 10.5. The molecule has 1 heterocycles. The van der Waals surface area contributed by atoms with Crippen molar-refractivity contribution in [2.45, 2.75) is 24.7 Å². The van der Waals surface area contributed by atoms with Gasteiger partial charge in [-0.25, -0.2) is 0 Å². The number of carbonyl (C=O) groups is 1. The minimum absolute atomic E-state index is 0.0666. The molecular formula is C18H19NO5S. The van der Waals surface area contributed by atoms with E-state index in [4.69, 9.17) is 9.66 Å². The van der Waals surface area contributed by atoms with Crippen molar-refractivity contribution in [2.75, 3.05) is 0 Å². The Morgan fingerprint density at radius 1 is 1.08 bits per heavy atom. The van der Waals surface area contributed by atoms with Gasteiger partial charge in [-0.05, 0) is 37.1 Å². The lowest BCUT2D eigenvalue weighted by Gasteiger charge is -1.95. The van der Waals surface area contributed by atoms with Crippen LogP contribution < -0.4 is 0 Å². The smallest absolute Gasteiger partial charge is 0.303 e. The summed E-state index contributed by atoms with van der Waals surface area (Å²) in [6, 6.07) is 13.9. The number of fused-ring (bicyclic) bond motifs is 1. The molecule has 0 fully saturated rings. The number of hydrogen-bond acceptors (Lipinski definition) is 3. The molecule has 0 amide bonds. The first-order valence-corrected chi connectivity index (χ1v) is 9.02. The summed E-state index contributed by atoms with van der Waals surface area (Å²) >= 11 is 0. The Labute approximate surface area is 145 Å². The minimum atomic E-state index is -4.02. The van der Waals surface area contributed by atoms with E-state index in [0.29, 0.717) is 6.42 Å². The van der Waals surface area contributed by atoms with Crippen LogP contribution >= 0.6 is 0 Å². The maximum Gasteiger partial charge on any atom is 0.303 e. The van der Waals surface area contributed by atoms with E-state index in [1.807, 2.05) is 37.4 Å². The van der Waals surface area contributed by atoms with Crippen molar-refractivity contribution in [1.82, 2.24) is 4.98 Å². The third-order valence-corrected chi connectivity index (χ3v) is 4.47. The van der Waals surface area contributed by atoms with E-state index < -0.39 is 16.1 Å². The van der Waals surface area contributed by atoms with E-state index in [-0.39, 0.29) is 11.3 Å². The molecule has 3 rings (SSSR count). The summed E-state index contributed by atoms with van der Waals surface area (Å²) in [5, 5.41) is 9.69. The van der Waals surface area contributed by atoms with Crippen molar-refractivity contribution in [2.24, 2.45) is 0 Å². The van der Waals surface area contributed by atoms with Crippen molar-refractivity contribution in [3.63, 3.8) is 0 Å². The number of H-pyrrole nitrogens is 1. The molecule has 0 saturated carbocycles. The Hall–Kier alpha value is -2.64. The van der Waals surface area contributed by atoms with Gasteiger partial charge in [0.05, 0.1) is 4.90 Å². The number of aliphatic carboxylic acids is 1. The van der Waals surface area contributed by atoms with Crippen LogP contribution in [-0.4, -0.2) is 29.0 Å². The maximum atomic E-state index is 10.5. The van der Waals surface area contributed by atoms with Gasteiger partial charge in [0.2, 0.25) is 0 Å². The zero-order valence-electron chi connectivity index (χ0n) is 13.6. The molecular weight excluding hydrogens is 342 g/mol. The van der Waals surface area contributed by atoms with E-state index in [1.54, 1.807) is 12.1 Å². The molecule has 6 nitrogen and oxygen atoms in total. The van der Waals surface area contributed by atoms with Gasteiger partial charge in [0.1, 0.15) is 0 Å². The predicted molar refractivity (Wildman–Crippen MR) is 95.2 cm³/mol. The third-order valence-electron chi connectivity index (χ3n) is 3.60. The zero-order valence-corrected chi connectivity index (χ0v) is 14.5. The van der Waals surface area contributed by atoms with Crippen molar-refractivity contribution in [3.05, 3.63) is 65.9 Å². The number of aryl methyl sites for hydroxylation is 2. The molecule has 3 aromatic rings. The topological polar surface area (TPSA) is 107 Å². The van der Waals surface area contributed by atoms with E-state index in [0.717, 1.165) is 22.0 Å². The van der Waals surface area contributed by atoms with Crippen molar-refractivity contribution >= 4 is 27.0 Å². The van der Waals surface area contributed by atoms with Crippen LogP contribution in [0.25, 0.3) is 10.9 Å². The average molecular weight is 361 g/mol. The van der Waals surface area contributed by atoms with Gasteiger partial charge in [0, 0.05) is 23.5 Å². The Kier molecular flexibility index (Phi) is 5.95. The molecule has 0 atom stereocenters. The van der Waals surface area contributed by atoms with Crippen LogP contribution in [0.1, 0.15) is 17.5 Å². The second-order valence-electron chi connectivity index (χ2n) is 5.54. The molecule has 132 valence electrons. The number of para-hydroxylation sites is 1. The molecule has 2 aromatic carbocycles. The summed E-state index contributed by atoms with van der Waals surface area (Å²) in [7, 11) is -4.02. The molecule has 3 N–H and O–H groups in total. The Balaban J connectivity index is 0.000000186. The highest BCUT2D eigenvalue weighted by Gasteiger charge is 2.07. The van der Waals surface area contributed by atoms with Crippen molar-refractivity contribution in [3.8, 4) is 0 Å². The second-order valence-corrected chi connectivity index (χ2v) is 6.96. The number of nitrogens with one attached hydrogen (secondary N) is 1. The van der Waals surface area contributed by atoms with E-state index in [1.165, 1.54) is 12.1 Å². The molecule has 1 aromatic heterocycles. The Morgan fingerprint density at radius 2 is 1.72 bits per heavy atom. The highest BCUT2D eigenvalue weighted by molar-refractivity contribution is 7.85. The van der Waals surface area contributed by atoms with Crippen LogP contribution in [0.5, 0.6) is 0 Å². The van der Waals surface area contributed by atoms with E-state index in [2.05, 4.69) is 4.98 Å². The number of benzene rings is 2. The number of aromatic amines is 1. The molecule has 0 bridgehead atoms. The molecule has 0 aliphatic carbocycles. The van der Waals surface area contributed by atoms with Crippen LogP contribution in [-0.2, 0) is 21.3 Å². The molecule has 25 heavy (non-hydrogen) atoms. The first kappa shape index (κ1) is 18.7. The van der Waals surface area contributed by atoms with Gasteiger partial charge in [-0.15, -0.1) is 0 Å². The monoisotopic (exact) mass is 361 g/mol. The average Bonchev–Trinajstić information content (AvgIpc) is 2.96. The third kappa shape index (κ3) is 5.44. The number of rotatable bonds is 4. The molecule has 0 radical (unpaired) electrons. The number of hydrogen-bond donors (Lipinski definition) is 3. The Bertz CT molecular complexity index is 959. The summed E-state index contributed by atoms with van der Waals surface area (Å²) in [6.07, 6.45) is 2.65. The summed E-state index contributed by atoms with van der Waals surface area (Å²) in [4.78, 5) is 13.5. The summed E-state index contributed by atoms with van der Waals surface area (Å²) < 4.78 is 29.6. The van der Waals surface area contributed by atoms with Gasteiger partial charge in [0.15, 0.2) is 0 Å². The fraction of sp³-hybridized carbons (Fsp3) is 0.167. The van der Waals surface area contributed by atoms with Crippen LogP contribution in [0.15, 0.2) is 59.6 Å². The van der Waals surface area contributed by atoms with Gasteiger partial charge >= 0.3 is 5.97 Å². The quantitative estimate of drug-likeness (QED) is 0.617. The highest BCUT2D eigenvalue weighted by Crippen LogP contribution is 2.18. The minimum Gasteiger partial charge on any atom is -0.481 e. The molecule has 0 unspecified atom stereocenters. The predicted octanol–water partition coefficient (Wildman–Crippen LogP) is 3.43. The SMILES string of the molecule is Cc1ccc(S(=O)(=O)O)cc1.O=C(O)CCc1c[nH]c2ccccc12. The summed E-state index contributed by atoms with van der Waals surface area (Å²) in [6.45, 7) is 1.84. The van der Waals surface area contributed by atoms with E-state index in [9.17, 15) is 13.2 Å². The largest absolute Gasteiger partial charge is 0.481 e. The Morgan fingerprint density at radius 3 is 2.32 bits per heavy atom. The van der Waals surface area contributed by atoms with Crippen LogP contribution in [0.4, 0.5) is 0 Å². The zero-order chi connectivity index (χ0) is 18.4. The fourth-order valence-corrected chi connectivity index (χ4v) is 2.77. The fourth-order valence-electron chi connectivity index (χ4n) is 2.29. The lowest BCUT2D eigenvalue weighted by atomic mass is 10.1. The molecule has 0 aliphatic heterocycles. The second kappa shape index (κ2) is 7.96. The highest BCUT2D eigenvalue weighted by atomic mass is 32.2. The van der Waals surface area contributed by atoms with E-state index >= 15 is 0 Å². The summed E-state index contributed by atoms with van der Waals surface area (Å²) in [5.74, 6) is -0.754. The van der Waals surface area contributed by atoms with Gasteiger partial charge in [-0.3, -0.25) is 9.35 Å². The van der Waals surface area contributed by atoms with Gasteiger partial charge in [0.25, 0.3) is 10.1 Å². The van der Waals surface area contributed by atoms with Crippen molar-refractivity contribution < 1.29 is 22.9 Å². The molecule has 0 aliphatic rings. The van der Waals surface area contributed by atoms with Gasteiger partial charge < -0.3 is 10.1 Å². The molecule has 7 heteroatoms. The number of carboxylic acid groups (broad SMARTS) is 1. The normalized spacial score (nSPS) is 11.0. The van der Waals surface area contributed by atoms with Crippen LogP contribution in [0.2, 0.25) is 0 Å². The van der Waals surface area contributed by atoms with Crippen LogP contribution in [0.3, 0.4) is 0 Å².